The van der Waals surface area contributed by atoms with Gasteiger partial charge in [-0.15, -0.1) is 0 Å². The van der Waals surface area contributed by atoms with E-state index in [4.69, 9.17) is 0 Å². The van der Waals surface area contributed by atoms with Crippen molar-refractivity contribution in [3.05, 3.63) is 0 Å². The Kier molecular flexibility index (Phi) is 6.32. The molecule has 1 aliphatic rings. The summed E-state index contributed by atoms with van der Waals surface area (Å²) in [5.41, 5.74) is 0. The Morgan fingerprint density at radius 2 is 2.19 bits per heavy atom. The van der Waals surface area contributed by atoms with E-state index in [2.05, 4.69) is 43.1 Å². The number of nitrogens with one attached hydrogen (secondary N) is 1. The predicted octanol–water partition coefficient (Wildman–Crippen LogP) is 1.40. The third-order valence-corrected chi connectivity index (χ3v) is 3.72. The lowest BCUT2D eigenvalue weighted by molar-refractivity contribution is 0.125. The minimum atomic E-state index is 0.655. The molecule has 1 fully saturated rings. The molecular formula is C13H29N3. The lowest BCUT2D eigenvalue weighted by Gasteiger charge is -2.37. The standard InChI is InChI=1S/C13H29N3/c1-5-12(14-6-2)10-16(4)13-8-7-9-15(3)11-13/h12-14H,5-11H2,1-4H3. The van der Waals surface area contributed by atoms with E-state index in [1.807, 2.05) is 0 Å². The van der Waals surface area contributed by atoms with Crippen LogP contribution in [0.5, 0.6) is 0 Å². The van der Waals surface area contributed by atoms with Crippen LogP contribution in [0.2, 0.25) is 0 Å². The molecule has 1 rings (SSSR count). The highest BCUT2D eigenvalue weighted by atomic mass is 15.2. The molecule has 16 heavy (non-hydrogen) atoms. The molecule has 0 radical (unpaired) electrons. The number of likely N-dealkylation sites (tertiary alicyclic amines) is 1. The van der Waals surface area contributed by atoms with Gasteiger partial charge in [-0.2, -0.15) is 0 Å². The number of rotatable bonds is 6. The van der Waals surface area contributed by atoms with Gasteiger partial charge in [0.1, 0.15) is 0 Å². The maximum Gasteiger partial charge on any atom is 0.0221 e. The fraction of sp³-hybridized carbons (Fsp3) is 1.00. The Balaban J connectivity index is 2.34. The van der Waals surface area contributed by atoms with Crippen molar-refractivity contribution in [2.45, 2.75) is 45.2 Å². The molecule has 1 aliphatic heterocycles. The first kappa shape index (κ1) is 13.9. The number of nitrogens with zero attached hydrogens (tertiary/aromatic N) is 2. The number of piperidine rings is 1. The van der Waals surface area contributed by atoms with Crippen LogP contribution in [0.1, 0.15) is 33.1 Å². The van der Waals surface area contributed by atoms with Crippen LogP contribution in [0, 0.1) is 0 Å². The molecular weight excluding hydrogens is 198 g/mol. The second-order valence-electron chi connectivity index (χ2n) is 5.16. The summed E-state index contributed by atoms with van der Waals surface area (Å²) in [4.78, 5) is 5.01. The van der Waals surface area contributed by atoms with Crippen molar-refractivity contribution >= 4 is 0 Å². The number of hydrogen-bond donors (Lipinski definition) is 1. The van der Waals surface area contributed by atoms with Crippen molar-refractivity contribution in [1.82, 2.24) is 15.1 Å². The van der Waals surface area contributed by atoms with Gasteiger partial charge < -0.3 is 15.1 Å². The van der Waals surface area contributed by atoms with Gasteiger partial charge in [-0.05, 0) is 46.4 Å². The van der Waals surface area contributed by atoms with Crippen molar-refractivity contribution in [2.24, 2.45) is 0 Å². The van der Waals surface area contributed by atoms with Gasteiger partial charge in [0.25, 0.3) is 0 Å². The molecule has 3 heteroatoms. The van der Waals surface area contributed by atoms with E-state index in [1.54, 1.807) is 0 Å². The van der Waals surface area contributed by atoms with Gasteiger partial charge in [0.2, 0.25) is 0 Å². The molecule has 0 spiro atoms. The van der Waals surface area contributed by atoms with Crippen molar-refractivity contribution in [1.29, 1.82) is 0 Å². The van der Waals surface area contributed by atoms with E-state index in [-0.39, 0.29) is 0 Å². The summed E-state index contributed by atoms with van der Waals surface area (Å²) in [6, 6.07) is 1.41. The molecule has 2 atom stereocenters. The molecule has 0 saturated carbocycles. The van der Waals surface area contributed by atoms with E-state index in [1.165, 1.54) is 38.9 Å². The fourth-order valence-corrected chi connectivity index (χ4v) is 2.62. The van der Waals surface area contributed by atoms with Gasteiger partial charge in [0, 0.05) is 25.2 Å². The smallest absolute Gasteiger partial charge is 0.0221 e. The van der Waals surface area contributed by atoms with Crippen LogP contribution in [0.4, 0.5) is 0 Å². The molecule has 2 unspecified atom stereocenters. The topological polar surface area (TPSA) is 18.5 Å². The second-order valence-corrected chi connectivity index (χ2v) is 5.16. The van der Waals surface area contributed by atoms with Gasteiger partial charge in [-0.3, -0.25) is 0 Å². The van der Waals surface area contributed by atoms with E-state index >= 15 is 0 Å². The highest BCUT2D eigenvalue weighted by molar-refractivity contribution is 4.80. The minimum absolute atomic E-state index is 0.655. The summed E-state index contributed by atoms with van der Waals surface area (Å²) in [5.74, 6) is 0. The lowest BCUT2D eigenvalue weighted by atomic mass is 10.0. The van der Waals surface area contributed by atoms with Crippen molar-refractivity contribution < 1.29 is 0 Å². The SMILES string of the molecule is CCNC(CC)CN(C)C1CCCN(C)C1. The first-order chi connectivity index (χ1) is 7.67. The molecule has 0 aromatic heterocycles. The Hall–Kier alpha value is -0.120. The second kappa shape index (κ2) is 7.25. The van der Waals surface area contributed by atoms with Crippen LogP contribution in [0.3, 0.4) is 0 Å². The molecule has 0 aromatic rings. The molecule has 1 saturated heterocycles. The van der Waals surface area contributed by atoms with E-state index < -0.39 is 0 Å². The summed E-state index contributed by atoms with van der Waals surface area (Å²) < 4.78 is 0. The highest BCUT2D eigenvalue weighted by Crippen LogP contribution is 2.13. The molecule has 0 bridgehead atoms. The molecule has 96 valence electrons. The van der Waals surface area contributed by atoms with Crippen LogP contribution in [-0.2, 0) is 0 Å². The first-order valence-corrected chi connectivity index (χ1v) is 6.79. The lowest BCUT2D eigenvalue weighted by Crippen LogP contribution is -2.49. The molecule has 0 aromatic carbocycles. The van der Waals surface area contributed by atoms with E-state index in [0.717, 1.165) is 12.6 Å². The Bertz CT molecular complexity index is 184. The van der Waals surface area contributed by atoms with Crippen LogP contribution in [0.15, 0.2) is 0 Å². The average Bonchev–Trinajstić information content (AvgIpc) is 2.28. The van der Waals surface area contributed by atoms with E-state index in [0.29, 0.717) is 6.04 Å². The Labute approximate surface area is 101 Å². The van der Waals surface area contributed by atoms with Crippen molar-refractivity contribution in [2.75, 3.05) is 40.3 Å². The highest BCUT2D eigenvalue weighted by Gasteiger charge is 2.22. The zero-order valence-corrected chi connectivity index (χ0v) is 11.5. The number of hydrogen-bond acceptors (Lipinski definition) is 3. The Morgan fingerprint density at radius 3 is 2.75 bits per heavy atom. The molecule has 3 nitrogen and oxygen atoms in total. The quantitative estimate of drug-likeness (QED) is 0.740. The largest absolute Gasteiger partial charge is 0.313 e. The molecule has 0 amide bonds. The molecule has 1 N–H and O–H groups in total. The molecule has 1 heterocycles. The summed E-state index contributed by atoms with van der Waals surface area (Å²) in [7, 11) is 4.52. The summed E-state index contributed by atoms with van der Waals surface area (Å²) in [6.45, 7) is 9.23. The van der Waals surface area contributed by atoms with Crippen LogP contribution >= 0.6 is 0 Å². The normalized spacial score (nSPS) is 24.9. The van der Waals surface area contributed by atoms with Gasteiger partial charge in [0.05, 0.1) is 0 Å². The minimum Gasteiger partial charge on any atom is -0.313 e. The van der Waals surface area contributed by atoms with Crippen molar-refractivity contribution in [3.8, 4) is 0 Å². The summed E-state index contributed by atoms with van der Waals surface area (Å²) in [6.07, 6.45) is 3.94. The van der Waals surface area contributed by atoms with Crippen LogP contribution < -0.4 is 5.32 Å². The summed E-state index contributed by atoms with van der Waals surface area (Å²) >= 11 is 0. The Morgan fingerprint density at radius 1 is 1.44 bits per heavy atom. The van der Waals surface area contributed by atoms with Crippen LogP contribution in [0.25, 0.3) is 0 Å². The maximum absolute atomic E-state index is 3.56. The number of likely N-dealkylation sites (N-methyl/N-ethyl adjacent to an activating group) is 3. The predicted molar refractivity (Wildman–Crippen MR) is 70.9 cm³/mol. The average molecular weight is 227 g/mol. The fourth-order valence-electron chi connectivity index (χ4n) is 2.62. The first-order valence-electron chi connectivity index (χ1n) is 6.79. The van der Waals surface area contributed by atoms with E-state index in [9.17, 15) is 0 Å². The van der Waals surface area contributed by atoms with Gasteiger partial charge in [-0.1, -0.05) is 13.8 Å². The molecule has 0 aliphatic carbocycles. The van der Waals surface area contributed by atoms with Crippen molar-refractivity contribution in [3.63, 3.8) is 0 Å². The van der Waals surface area contributed by atoms with Gasteiger partial charge in [0.15, 0.2) is 0 Å². The van der Waals surface area contributed by atoms with Crippen LogP contribution in [-0.4, -0.2) is 62.2 Å². The van der Waals surface area contributed by atoms with Gasteiger partial charge >= 0.3 is 0 Å². The van der Waals surface area contributed by atoms with Gasteiger partial charge in [-0.25, -0.2) is 0 Å². The zero-order chi connectivity index (χ0) is 12.0. The third-order valence-electron chi connectivity index (χ3n) is 3.72. The third kappa shape index (κ3) is 4.40. The summed E-state index contributed by atoms with van der Waals surface area (Å²) in [5, 5.41) is 3.56. The maximum atomic E-state index is 3.56. The monoisotopic (exact) mass is 227 g/mol. The zero-order valence-electron chi connectivity index (χ0n) is 11.5.